The highest BCUT2D eigenvalue weighted by atomic mass is 31.1. The lowest BCUT2D eigenvalue weighted by molar-refractivity contribution is 0.411. The van der Waals surface area contributed by atoms with Crippen LogP contribution in [0.15, 0.2) is 54.9 Å². The minimum Gasteiger partial charge on any atom is -0.358 e. The van der Waals surface area contributed by atoms with Crippen molar-refractivity contribution in [1.29, 1.82) is 5.26 Å². The molecule has 0 aliphatic carbocycles. The van der Waals surface area contributed by atoms with Crippen LogP contribution in [0.25, 0.3) is 16.9 Å². The molecule has 1 fully saturated rings. The molecule has 0 spiro atoms. The van der Waals surface area contributed by atoms with Gasteiger partial charge in [0, 0.05) is 37.5 Å². The van der Waals surface area contributed by atoms with Crippen LogP contribution in [0.1, 0.15) is 23.6 Å². The van der Waals surface area contributed by atoms with Gasteiger partial charge in [-0.25, -0.2) is 9.97 Å². The second-order valence-electron chi connectivity index (χ2n) is 8.02. The maximum Gasteiger partial charge on any atom is 0.208 e. The first-order chi connectivity index (χ1) is 15.7. The summed E-state index contributed by atoms with van der Waals surface area (Å²) in [5.74, 6) is 2.10. The van der Waals surface area contributed by atoms with Crippen LogP contribution in [0, 0.1) is 11.3 Å². The van der Waals surface area contributed by atoms with Crippen molar-refractivity contribution in [2.24, 2.45) is 0 Å². The van der Waals surface area contributed by atoms with Gasteiger partial charge in [0.2, 0.25) is 5.95 Å². The van der Waals surface area contributed by atoms with Gasteiger partial charge in [0.05, 0.1) is 22.2 Å². The molecule has 0 radical (unpaired) electrons. The Bertz CT molecular complexity index is 1310. The molecule has 2 atom stereocenters. The largest absolute Gasteiger partial charge is 0.358 e. The molecule has 160 valence electrons. The summed E-state index contributed by atoms with van der Waals surface area (Å²) in [6.45, 7) is 2.12. The number of likely N-dealkylation sites (tertiary alicyclic amines) is 1. The third kappa shape index (κ3) is 3.73. The highest BCUT2D eigenvalue weighted by Gasteiger charge is 2.27. The molecule has 0 saturated carbocycles. The molecule has 1 aliphatic rings. The zero-order valence-electron chi connectivity index (χ0n) is 18.1. The van der Waals surface area contributed by atoms with Crippen molar-refractivity contribution in [3.05, 3.63) is 66.1 Å². The number of pyridine rings is 1. The number of rotatable bonds is 5. The van der Waals surface area contributed by atoms with E-state index in [1.165, 1.54) is 0 Å². The first-order valence-electron chi connectivity index (χ1n) is 10.6. The number of likely N-dealkylation sites (N-methyl/N-ethyl adjacent to an activating group) is 1. The second kappa shape index (κ2) is 8.66. The summed E-state index contributed by atoms with van der Waals surface area (Å²) < 4.78 is 2.12. The quantitative estimate of drug-likeness (QED) is 0.480. The van der Waals surface area contributed by atoms with Crippen LogP contribution in [0.2, 0.25) is 0 Å². The third-order valence-electron chi connectivity index (χ3n) is 5.92. The topological polar surface area (TPSA) is 82.1 Å². The second-order valence-corrected chi connectivity index (χ2v) is 9.32. The van der Waals surface area contributed by atoms with Gasteiger partial charge in [0.15, 0.2) is 0 Å². The molecule has 0 amide bonds. The van der Waals surface area contributed by atoms with Crippen LogP contribution in [0.3, 0.4) is 0 Å². The van der Waals surface area contributed by atoms with E-state index in [2.05, 4.69) is 68.0 Å². The minimum atomic E-state index is 0.331. The highest BCUT2D eigenvalue weighted by Crippen LogP contribution is 2.33. The average Bonchev–Trinajstić information content (AvgIpc) is 3.43. The van der Waals surface area contributed by atoms with E-state index in [-0.39, 0.29) is 0 Å². The Balaban J connectivity index is 1.54. The van der Waals surface area contributed by atoms with Gasteiger partial charge >= 0.3 is 0 Å². The average molecular weight is 441 g/mol. The number of nitrogens with zero attached hydrogens (tertiary/aromatic N) is 6. The molecule has 32 heavy (non-hydrogen) atoms. The van der Waals surface area contributed by atoms with Gasteiger partial charge in [-0.15, -0.1) is 0 Å². The summed E-state index contributed by atoms with van der Waals surface area (Å²) in [5.41, 5.74) is 4.74. The Hall–Kier alpha value is -3.33. The Morgan fingerprint density at radius 2 is 1.97 bits per heavy atom. The van der Waals surface area contributed by atoms with E-state index in [0.717, 1.165) is 58.8 Å². The molecule has 4 aromatic rings. The van der Waals surface area contributed by atoms with E-state index in [0.29, 0.717) is 20.1 Å². The number of hydrogen-bond acceptors (Lipinski definition) is 6. The van der Waals surface area contributed by atoms with Crippen molar-refractivity contribution in [2.75, 3.05) is 32.5 Å². The van der Waals surface area contributed by atoms with E-state index in [1.54, 1.807) is 12.3 Å². The molecular weight excluding hydrogens is 417 g/mol. The maximum atomic E-state index is 9.34. The van der Waals surface area contributed by atoms with Crippen molar-refractivity contribution in [1.82, 2.24) is 24.3 Å². The van der Waals surface area contributed by atoms with Crippen LogP contribution in [-0.4, -0.2) is 51.4 Å². The van der Waals surface area contributed by atoms with Crippen molar-refractivity contribution in [2.45, 2.75) is 12.3 Å². The fourth-order valence-electron chi connectivity index (χ4n) is 4.32. The zero-order chi connectivity index (χ0) is 22.1. The zero-order valence-corrected chi connectivity index (χ0v) is 19.1. The first-order valence-corrected chi connectivity index (χ1v) is 11.6. The maximum absolute atomic E-state index is 9.34. The third-order valence-corrected chi connectivity index (χ3v) is 7.18. The molecule has 1 aliphatic heterocycles. The Morgan fingerprint density at radius 3 is 2.69 bits per heavy atom. The standard InChI is InChI=1S/C24H24N7P/c1-26-24-28-12-9-20-21(18-10-13-30(2)15-18)29-22(31(20)24)16-5-7-19(8-6-16)32-23-17(14-25)4-3-11-27-23/h3-9,11-12,18,32H,10,13,15H2,1-2H3,(H,26,28). The van der Waals surface area contributed by atoms with Crippen LogP contribution >= 0.6 is 8.58 Å². The summed E-state index contributed by atoms with van der Waals surface area (Å²) in [6, 6.07) is 16.3. The summed E-state index contributed by atoms with van der Waals surface area (Å²) >= 11 is 0. The van der Waals surface area contributed by atoms with Crippen LogP contribution in [0.4, 0.5) is 5.95 Å². The monoisotopic (exact) mass is 441 g/mol. The molecular formula is C24H24N7P. The van der Waals surface area contributed by atoms with E-state index in [1.807, 2.05) is 19.3 Å². The minimum absolute atomic E-state index is 0.331. The van der Waals surface area contributed by atoms with Gasteiger partial charge < -0.3 is 10.2 Å². The predicted octanol–water partition coefficient (Wildman–Crippen LogP) is 2.75. The lowest BCUT2D eigenvalue weighted by Crippen LogP contribution is -2.13. The summed E-state index contributed by atoms with van der Waals surface area (Å²) in [6.07, 6.45) is 4.70. The normalized spacial score (nSPS) is 16.7. The van der Waals surface area contributed by atoms with Crippen molar-refractivity contribution in [3.63, 3.8) is 0 Å². The lowest BCUT2D eigenvalue weighted by atomic mass is 10.0. The molecule has 1 aromatic carbocycles. The highest BCUT2D eigenvalue weighted by molar-refractivity contribution is 7.55. The number of nitrogens with one attached hydrogen (secondary N) is 1. The molecule has 2 unspecified atom stereocenters. The van der Waals surface area contributed by atoms with Gasteiger partial charge in [0.1, 0.15) is 11.9 Å². The lowest BCUT2D eigenvalue weighted by Gasteiger charge is -2.09. The Morgan fingerprint density at radius 1 is 1.12 bits per heavy atom. The molecule has 1 saturated heterocycles. The van der Waals surface area contributed by atoms with Gasteiger partial charge in [-0.1, -0.05) is 24.3 Å². The molecule has 3 aromatic heterocycles. The Labute approximate surface area is 188 Å². The van der Waals surface area contributed by atoms with Crippen molar-refractivity contribution >= 4 is 30.8 Å². The molecule has 1 N–H and O–H groups in total. The number of hydrogen-bond donors (Lipinski definition) is 1. The number of imidazole rings is 1. The molecule has 8 heteroatoms. The SMILES string of the molecule is CNc1nccc2c(C3CCN(C)C3)nc(-c3ccc(Pc4ncccc4C#N)cc3)n12. The summed E-state index contributed by atoms with van der Waals surface area (Å²) in [4.78, 5) is 16.4. The van der Waals surface area contributed by atoms with Gasteiger partial charge in [-0.3, -0.25) is 9.38 Å². The van der Waals surface area contributed by atoms with Gasteiger partial charge in [0.25, 0.3) is 0 Å². The Kier molecular flexibility index (Phi) is 5.57. The van der Waals surface area contributed by atoms with E-state index >= 15 is 0 Å². The molecule has 0 bridgehead atoms. The molecule has 7 nitrogen and oxygen atoms in total. The molecule has 5 rings (SSSR count). The molecule has 4 heterocycles. The number of benzene rings is 1. The number of anilines is 1. The van der Waals surface area contributed by atoms with E-state index < -0.39 is 0 Å². The first kappa shape index (κ1) is 20.6. The summed E-state index contributed by atoms with van der Waals surface area (Å²) in [7, 11) is 4.38. The summed E-state index contributed by atoms with van der Waals surface area (Å²) in [5, 5.41) is 13.7. The smallest absolute Gasteiger partial charge is 0.208 e. The van der Waals surface area contributed by atoms with Gasteiger partial charge in [-0.2, -0.15) is 5.26 Å². The van der Waals surface area contributed by atoms with Gasteiger partial charge in [-0.05, 0) is 52.1 Å². The van der Waals surface area contributed by atoms with Crippen LogP contribution in [0.5, 0.6) is 0 Å². The van der Waals surface area contributed by atoms with E-state index in [4.69, 9.17) is 4.98 Å². The number of nitriles is 1. The fraction of sp³-hybridized carbons (Fsp3) is 0.250. The van der Waals surface area contributed by atoms with Crippen LogP contribution < -0.4 is 16.1 Å². The number of fused-ring (bicyclic) bond motifs is 1. The van der Waals surface area contributed by atoms with Crippen LogP contribution in [-0.2, 0) is 0 Å². The fourth-order valence-corrected chi connectivity index (χ4v) is 5.34. The van der Waals surface area contributed by atoms with E-state index in [9.17, 15) is 5.26 Å². The van der Waals surface area contributed by atoms with Crippen molar-refractivity contribution < 1.29 is 0 Å². The van der Waals surface area contributed by atoms with Crippen molar-refractivity contribution in [3.8, 4) is 17.5 Å². The number of aromatic nitrogens is 4. The predicted molar refractivity (Wildman–Crippen MR) is 129 cm³/mol.